The molecule has 1 aliphatic heterocycles. The number of ether oxygens (including phenoxy) is 2. The van der Waals surface area contributed by atoms with E-state index in [-0.39, 0.29) is 34.3 Å². The molecule has 1 saturated carbocycles. The summed E-state index contributed by atoms with van der Waals surface area (Å²) in [6.45, 7) is 4.80. The van der Waals surface area contributed by atoms with Crippen LogP contribution in [0, 0.1) is 5.92 Å². The Hall–Kier alpha value is -2.14. The van der Waals surface area contributed by atoms with E-state index in [0.29, 0.717) is 18.0 Å². The van der Waals surface area contributed by atoms with Gasteiger partial charge in [-0.05, 0) is 80.0 Å². The third kappa shape index (κ3) is 6.29. The minimum atomic E-state index is -3.92. The van der Waals surface area contributed by atoms with Crippen LogP contribution in [0.25, 0.3) is 0 Å². The van der Waals surface area contributed by atoms with Gasteiger partial charge in [0.1, 0.15) is 0 Å². The first-order valence-electron chi connectivity index (χ1n) is 14.0. The number of hydrogen-bond donors (Lipinski definition) is 0. The van der Waals surface area contributed by atoms with E-state index in [1.54, 1.807) is 28.9 Å². The summed E-state index contributed by atoms with van der Waals surface area (Å²) in [4.78, 5) is 0.240. The molecule has 2 aromatic rings. The van der Waals surface area contributed by atoms with Crippen molar-refractivity contribution in [1.82, 2.24) is 8.61 Å². The molecule has 0 amide bonds. The van der Waals surface area contributed by atoms with Crippen LogP contribution in [0.15, 0.2) is 52.3 Å². The fourth-order valence-electron chi connectivity index (χ4n) is 6.02. The minimum absolute atomic E-state index is 0.0167. The lowest BCUT2D eigenvalue weighted by atomic mass is 9.86. The van der Waals surface area contributed by atoms with Crippen molar-refractivity contribution in [2.75, 3.05) is 20.8 Å². The van der Waals surface area contributed by atoms with Crippen molar-refractivity contribution in [3.8, 4) is 11.5 Å². The van der Waals surface area contributed by atoms with Crippen molar-refractivity contribution in [3.05, 3.63) is 48.0 Å². The number of sulfonamides is 2. The van der Waals surface area contributed by atoms with Gasteiger partial charge >= 0.3 is 0 Å². The van der Waals surface area contributed by atoms with Crippen LogP contribution in [0.3, 0.4) is 0 Å². The van der Waals surface area contributed by atoms with Crippen LogP contribution in [-0.2, 0) is 26.6 Å². The molecule has 2 fully saturated rings. The Morgan fingerprint density at radius 2 is 1.49 bits per heavy atom. The maximum atomic E-state index is 14.1. The van der Waals surface area contributed by atoms with Crippen molar-refractivity contribution in [1.29, 1.82) is 0 Å². The van der Waals surface area contributed by atoms with Gasteiger partial charge in [0.25, 0.3) is 0 Å². The van der Waals surface area contributed by atoms with Gasteiger partial charge in [0.15, 0.2) is 11.5 Å². The van der Waals surface area contributed by atoms with Gasteiger partial charge < -0.3 is 9.47 Å². The fraction of sp³-hybridized carbons (Fsp3) is 0.586. The van der Waals surface area contributed by atoms with Crippen molar-refractivity contribution in [2.45, 2.75) is 93.6 Å². The van der Waals surface area contributed by atoms with E-state index in [0.717, 1.165) is 56.9 Å². The number of piperidine rings is 1. The Labute approximate surface area is 234 Å². The Kier molecular flexibility index (Phi) is 9.62. The van der Waals surface area contributed by atoms with E-state index in [9.17, 15) is 16.8 Å². The van der Waals surface area contributed by atoms with Crippen molar-refractivity contribution < 1.29 is 26.3 Å². The van der Waals surface area contributed by atoms with Crippen LogP contribution in [-0.4, -0.2) is 58.3 Å². The maximum absolute atomic E-state index is 14.1. The van der Waals surface area contributed by atoms with Gasteiger partial charge in [0.2, 0.25) is 20.0 Å². The van der Waals surface area contributed by atoms with Gasteiger partial charge in [-0.15, -0.1) is 0 Å². The summed E-state index contributed by atoms with van der Waals surface area (Å²) in [7, 11) is -4.49. The lowest BCUT2D eigenvalue weighted by molar-refractivity contribution is 0.185. The highest BCUT2D eigenvalue weighted by molar-refractivity contribution is 7.89. The molecule has 4 rings (SSSR count). The second-order valence-corrected chi connectivity index (χ2v) is 14.5. The third-order valence-corrected chi connectivity index (χ3v) is 12.2. The molecule has 0 unspecified atom stereocenters. The zero-order valence-electron chi connectivity index (χ0n) is 23.5. The summed E-state index contributed by atoms with van der Waals surface area (Å²) in [6, 6.07) is 11.1. The van der Waals surface area contributed by atoms with Gasteiger partial charge in [0.05, 0.1) is 24.0 Å². The molecule has 1 aliphatic carbocycles. The number of methoxy groups -OCH3 is 2. The highest BCUT2D eigenvalue weighted by atomic mass is 32.2. The summed E-state index contributed by atoms with van der Waals surface area (Å²) in [5.41, 5.74) is 0.795. The number of nitrogens with zero attached hydrogens (tertiary/aromatic N) is 2. The molecule has 0 spiro atoms. The molecule has 0 radical (unpaired) electrons. The zero-order chi connectivity index (χ0) is 28.2. The number of rotatable bonds is 10. The second-order valence-electron chi connectivity index (χ2n) is 10.7. The monoisotopic (exact) mass is 578 g/mol. The van der Waals surface area contributed by atoms with E-state index >= 15 is 0 Å². The van der Waals surface area contributed by atoms with E-state index < -0.39 is 20.0 Å². The lowest BCUT2D eigenvalue weighted by Gasteiger charge is -2.38. The fourth-order valence-corrected chi connectivity index (χ4v) is 9.52. The predicted octanol–water partition coefficient (Wildman–Crippen LogP) is 5.43. The Morgan fingerprint density at radius 1 is 0.846 bits per heavy atom. The summed E-state index contributed by atoms with van der Waals surface area (Å²) in [5, 5.41) is 0. The molecule has 1 heterocycles. The average Bonchev–Trinajstić information content (AvgIpc) is 2.96. The smallest absolute Gasteiger partial charge is 0.243 e. The lowest BCUT2D eigenvalue weighted by Crippen LogP contribution is -2.44. The first kappa shape index (κ1) is 29.8. The maximum Gasteiger partial charge on any atom is 0.243 e. The van der Waals surface area contributed by atoms with Crippen LogP contribution in [0.4, 0.5) is 0 Å². The zero-order valence-corrected chi connectivity index (χ0v) is 25.1. The summed E-state index contributed by atoms with van der Waals surface area (Å²) in [6.07, 6.45) is 7.29. The highest BCUT2D eigenvalue weighted by Gasteiger charge is 2.37. The normalized spacial score (nSPS) is 23.1. The molecule has 8 nitrogen and oxygen atoms in total. The minimum Gasteiger partial charge on any atom is -0.493 e. The SMILES string of the molecule is CC[C@H]1CCCCN1S(=O)(=O)c1ccc(S(=O)(=O)N(Cc2ccc(OC)c(OC)c2)[C@@H]2CCCC[C@@H]2C)cc1. The van der Waals surface area contributed by atoms with E-state index in [1.807, 2.05) is 19.1 Å². The number of benzene rings is 2. The summed E-state index contributed by atoms with van der Waals surface area (Å²) >= 11 is 0. The van der Waals surface area contributed by atoms with E-state index in [1.165, 1.54) is 24.3 Å². The molecule has 2 aliphatic rings. The van der Waals surface area contributed by atoms with Gasteiger partial charge in [-0.3, -0.25) is 0 Å². The van der Waals surface area contributed by atoms with Gasteiger partial charge in [0, 0.05) is 25.2 Å². The standard InChI is InChI=1S/C29H42N2O6S2/c1-5-24-11-8-9-19-30(24)38(32,33)25-14-16-26(17-15-25)39(34,35)31(27-12-7-6-10-22(27)2)21-23-13-18-28(36-3)29(20-23)37-4/h13-18,20,22,24,27H,5-12,19,21H2,1-4H3/t22-,24-,27+/m0/s1. The van der Waals surface area contributed by atoms with Gasteiger partial charge in [-0.1, -0.05) is 39.2 Å². The topological polar surface area (TPSA) is 93.2 Å². The first-order chi connectivity index (χ1) is 18.6. The molecular weight excluding hydrogens is 536 g/mol. The number of hydrogen-bond acceptors (Lipinski definition) is 6. The van der Waals surface area contributed by atoms with Crippen LogP contribution < -0.4 is 9.47 Å². The van der Waals surface area contributed by atoms with Crippen LogP contribution >= 0.6 is 0 Å². The quantitative estimate of drug-likeness (QED) is 0.373. The predicted molar refractivity (Wildman–Crippen MR) is 152 cm³/mol. The largest absolute Gasteiger partial charge is 0.493 e. The third-order valence-electron chi connectivity index (χ3n) is 8.30. The molecule has 0 aromatic heterocycles. The molecule has 10 heteroatoms. The molecule has 2 aromatic carbocycles. The van der Waals surface area contributed by atoms with Crippen molar-refractivity contribution in [3.63, 3.8) is 0 Å². The Morgan fingerprint density at radius 3 is 2.13 bits per heavy atom. The average molecular weight is 579 g/mol. The molecule has 39 heavy (non-hydrogen) atoms. The van der Waals surface area contributed by atoms with E-state index in [4.69, 9.17) is 9.47 Å². The van der Waals surface area contributed by atoms with Crippen LogP contribution in [0.2, 0.25) is 0 Å². The summed E-state index contributed by atoms with van der Waals surface area (Å²) in [5.74, 6) is 1.33. The van der Waals surface area contributed by atoms with Gasteiger partial charge in [-0.2, -0.15) is 8.61 Å². The molecule has 3 atom stereocenters. The molecular formula is C29H42N2O6S2. The summed E-state index contributed by atoms with van der Waals surface area (Å²) < 4.78 is 69.1. The second kappa shape index (κ2) is 12.6. The van der Waals surface area contributed by atoms with Gasteiger partial charge in [-0.25, -0.2) is 16.8 Å². The van der Waals surface area contributed by atoms with Crippen LogP contribution in [0.5, 0.6) is 11.5 Å². The Balaban J connectivity index is 1.67. The highest BCUT2D eigenvalue weighted by Crippen LogP contribution is 2.35. The van der Waals surface area contributed by atoms with Crippen LogP contribution in [0.1, 0.15) is 70.8 Å². The van der Waals surface area contributed by atoms with Crippen molar-refractivity contribution >= 4 is 20.0 Å². The molecule has 1 saturated heterocycles. The van der Waals surface area contributed by atoms with Crippen molar-refractivity contribution in [2.24, 2.45) is 5.92 Å². The Bertz CT molecular complexity index is 1330. The molecule has 216 valence electrons. The van der Waals surface area contributed by atoms with E-state index in [2.05, 4.69) is 6.92 Å². The first-order valence-corrected chi connectivity index (χ1v) is 16.9. The molecule has 0 N–H and O–H groups in total. The molecule has 0 bridgehead atoms.